The number of aromatic nitrogens is 1. The summed E-state index contributed by atoms with van der Waals surface area (Å²) in [6, 6.07) is 6.93. The van der Waals surface area contributed by atoms with E-state index in [0.717, 1.165) is 0 Å². The van der Waals surface area contributed by atoms with Gasteiger partial charge in [0.25, 0.3) is 0 Å². The summed E-state index contributed by atoms with van der Waals surface area (Å²) in [5, 5.41) is 0. The van der Waals surface area contributed by atoms with Gasteiger partial charge in [0, 0.05) is 11.8 Å². The van der Waals surface area contributed by atoms with Crippen LogP contribution in [0.3, 0.4) is 0 Å². The Hall–Kier alpha value is -2.89. The van der Waals surface area contributed by atoms with E-state index < -0.39 is 11.9 Å². The molecule has 0 saturated carbocycles. The molecule has 2 heterocycles. The molecular formula is C15H11NO5. The highest BCUT2D eigenvalue weighted by molar-refractivity contribution is 6.21. The molecule has 0 amide bonds. The Balaban J connectivity index is 2.32. The first-order chi connectivity index (χ1) is 10.1. The van der Waals surface area contributed by atoms with Gasteiger partial charge in [0.05, 0.1) is 25.5 Å². The highest BCUT2D eigenvalue weighted by Gasteiger charge is 2.36. The number of methoxy groups -OCH3 is 2. The number of hydrogen-bond acceptors (Lipinski definition) is 5. The molecule has 3 rings (SSSR count). The van der Waals surface area contributed by atoms with Gasteiger partial charge in [-0.2, -0.15) is 0 Å². The molecule has 0 saturated heterocycles. The van der Waals surface area contributed by atoms with E-state index in [1.54, 1.807) is 24.3 Å². The van der Waals surface area contributed by atoms with Crippen molar-refractivity contribution in [1.29, 1.82) is 0 Å². The van der Waals surface area contributed by atoms with Gasteiger partial charge >= 0.3 is 11.9 Å². The van der Waals surface area contributed by atoms with Crippen LogP contribution in [0.15, 0.2) is 30.5 Å². The minimum Gasteiger partial charge on any atom is -0.465 e. The third-order valence-corrected chi connectivity index (χ3v) is 3.42. The molecule has 6 nitrogen and oxygen atoms in total. The summed E-state index contributed by atoms with van der Waals surface area (Å²) >= 11 is 0. The predicted octanol–water partition coefficient (Wildman–Crippen LogP) is 1.59. The zero-order valence-electron chi connectivity index (χ0n) is 11.4. The fraction of sp³-hybridized carbons (Fsp3) is 0.133. The molecule has 0 atom stereocenters. The molecule has 1 aromatic carbocycles. The number of benzene rings is 1. The van der Waals surface area contributed by atoms with Crippen molar-refractivity contribution >= 4 is 17.7 Å². The Morgan fingerprint density at radius 1 is 1.05 bits per heavy atom. The van der Waals surface area contributed by atoms with E-state index >= 15 is 0 Å². The normalized spacial score (nSPS) is 11.8. The highest BCUT2D eigenvalue weighted by Crippen LogP contribution is 2.33. The number of hydrogen-bond donors (Lipinski definition) is 0. The fourth-order valence-corrected chi connectivity index (χ4v) is 2.50. The number of rotatable bonds is 2. The zero-order chi connectivity index (χ0) is 15.1. The smallest absolute Gasteiger partial charge is 0.341 e. The molecule has 0 spiro atoms. The maximum absolute atomic E-state index is 12.5. The third kappa shape index (κ3) is 1.69. The predicted molar refractivity (Wildman–Crippen MR) is 71.9 cm³/mol. The van der Waals surface area contributed by atoms with E-state index in [0.29, 0.717) is 11.3 Å². The Morgan fingerprint density at radius 3 is 2.38 bits per heavy atom. The van der Waals surface area contributed by atoms with Crippen molar-refractivity contribution in [3.8, 4) is 5.69 Å². The van der Waals surface area contributed by atoms with Gasteiger partial charge < -0.3 is 14.0 Å². The van der Waals surface area contributed by atoms with E-state index in [2.05, 4.69) is 4.74 Å². The maximum Gasteiger partial charge on any atom is 0.341 e. The van der Waals surface area contributed by atoms with Crippen LogP contribution in [0.4, 0.5) is 0 Å². The number of carbonyl (C=O) groups excluding carboxylic acids is 3. The molecule has 6 heteroatoms. The van der Waals surface area contributed by atoms with Crippen molar-refractivity contribution in [3.05, 3.63) is 52.8 Å². The average Bonchev–Trinajstić information content (AvgIpc) is 3.03. The van der Waals surface area contributed by atoms with Gasteiger partial charge in [-0.3, -0.25) is 4.79 Å². The first-order valence-electron chi connectivity index (χ1n) is 6.16. The number of nitrogens with zero attached hydrogens (tertiary/aromatic N) is 1. The molecule has 0 aliphatic carbocycles. The summed E-state index contributed by atoms with van der Waals surface area (Å²) in [6.07, 6.45) is 1.43. The van der Waals surface area contributed by atoms with Gasteiger partial charge in [-0.05, 0) is 12.1 Å². The first kappa shape index (κ1) is 13.1. The van der Waals surface area contributed by atoms with E-state index in [1.165, 1.54) is 25.0 Å². The number of carbonyl (C=O) groups is 3. The van der Waals surface area contributed by atoms with Crippen LogP contribution in [0.5, 0.6) is 0 Å². The number of para-hydroxylation sites is 1. The third-order valence-electron chi connectivity index (χ3n) is 3.42. The molecule has 1 aliphatic rings. The molecule has 0 fully saturated rings. The van der Waals surface area contributed by atoms with Crippen LogP contribution >= 0.6 is 0 Å². The molecule has 2 aromatic rings. The molecule has 0 unspecified atom stereocenters. The van der Waals surface area contributed by atoms with Crippen LogP contribution in [0.2, 0.25) is 0 Å². The SMILES string of the molecule is COC(=O)c1cn2c(c1C(=O)OC)C(=O)c1ccccc1-2. The highest BCUT2D eigenvalue weighted by atomic mass is 16.5. The summed E-state index contributed by atoms with van der Waals surface area (Å²) in [5.41, 5.74) is 1.18. The summed E-state index contributed by atoms with van der Waals surface area (Å²) in [5.74, 6) is -1.76. The topological polar surface area (TPSA) is 74.6 Å². The molecule has 106 valence electrons. The van der Waals surface area contributed by atoms with Crippen molar-refractivity contribution in [2.24, 2.45) is 0 Å². The average molecular weight is 285 g/mol. The van der Waals surface area contributed by atoms with E-state index in [9.17, 15) is 14.4 Å². The van der Waals surface area contributed by atoms with Crippen LogP contribution in [0, 0.1) is 0 Å². The molecular weight excluding hydrogens is 274 g/mol. The monoisotopic (exact) mass is 285 g/mol. The van der Waals surface area contributed by atoms with Crippen molar-refractivity contribution in [2.45, 2.75) is 0 Å². The summed E-state index contributed by atoms with van der Waals surface area (Å²) < 4.78 is 10.9. The molecule has 0 radical (unpaired) electrons. The van der Waals surface area contributed by atoms with Crippen molar-refractivity contribution in [2.75, 3.05) is 14.2 Å². The lowest BCUT2D eigenvalue weighted by atomic mass is 10.0. The minimum absolute atomic E-state index is 0.0159. The summed E-state index contributed by atoms with van der Waals surface area (Å²) in [4.78, 5) is 36.3. The second-order valence-electron chi connectivity index (χ2n) is 4.47. The van der Waals surface area contributed by atoms with E-state index in [-0.39, 0.29) is 22.6 Å². The Bertz CT molecular complexity index is 787. The van der Waals surface area contributed by atoms with Gasteiger partial charge in [0.1, 0.15) is 11.3 Å². The molecule has 0 bridgehead atoms. The van der Waals surface area contributed by atoms with Gasteiger partial charge in [0.15, 0.2) is 0 Å². The maximum atomic E-state index is 12.5. The number of ketones is 1. The fourth-order valence-electron chi connectivity index (χ4n) is 2.50. The second-order valence-corrected chi connectivity index (χ2v) is 4.47. The zero-order valence-corrected chi connectivity index (χ0v) is 11.4. The largest absolute Gasteiger partial charge is 0.465 e. The summed E-state index contributed by atoms with van der Waals surface area (Å²) in [6.45, 7) is 0. The molecule has 1 aliphatic heterocycles. The van der Waals surface area contributed by atoms with Crippen LogP contribution in [0.25, 0.3) is 5.69 Å². The molecule has 21 heavy (non-hydrogen) atoms. The first-order valence-corrected chi connectivity index (χ1v) is 6.16. The Labute approximate surface area is 119 Å². The number of esters is 2. The minimum atomic E-state index is -0.745. The second kappa shape index (κ2) is 4.59. The quantitative estimate of drug-likeness (QED) is 0.668. The standard InChI is InChI=1S/C15H11NO5/c1-20-14(18)9-7-16-10-6-4-3-5-8(10)13(17)12(16)11(9)15(19)21-2/h3-7H,1-2H3. The lowest BCUT2D eigenvalue weighted by Crippen LogP contribution is -2.13. The number of fused-ring (bicyclic) bond motifs is 3. The van der Waals surface area contributed by atoms with Gasteiger partial charge in [-0.25, -0.2) is 9.59 Å². The molecule has 1 aromatic heterocycles. The summed E-state index contributed by atoms with van der Waals surface area (Å²) in [7, 11) is 2.40. The van der Waals surface area contributed by atoms with Crippen molar-refractivity contribution < 1.29 is 23.9 Å². The van der Waals surface area contributed by atoms with Crippen LogP contribution in [-0.2, 0) is 9.47 Å². The van der Waals surface area contributed by atoms with Crippen LogP contribution in [0.1, 0.15) is 36.8 Å². The Kier molecular flexibility index (Phi) is 2.86. The molecule has 0 N–H and O–H groups in total. The number of ether oxygens (including phenoxy) is 2. The van der Waals surface area contributed by atoms with Crippen LogP contribution in [-0.4, -0.2) is 36.5 Å². The van der Waals surface area contributed by atoms with E-state index in [1.807, 2.05) is 0 Å². The van der Waals surface area contributed by atoms with E-state index in [4.69, 9.17) is 4.74 Å². The lowest BCUT2D eigenvalue weighted by molar-refractivity contribution is 0.0555. The lowest BCUT2D eigenvalue weighted by Gasteiger charge is -2.02. The van der Waals surface area contributed by atoms with Crippen molar-refractivity contribution in [3.63, 3.8) is 0 Å². The Morgan fingerprint density at radius 2 is 1.71 bits per heavy atom. The van der Waals surface area contributed by atoms with Gasteiger partial charge in [-0.15, -0.1) is 0 Å². The van der Waals surface area contributed by atoms with Gasteiger partial charge in [-0.1, -0.05) is 12.1 Å². The van der Waals surface area contributed by atoms with Gasteiger partial charge in [0.2, 0.25) is 5.78 Å². The van der Waals surface area contributed by atoms with Crippen LogP contribution < -0.4 is 0 Å². The van der Waals surface area contributed by atoms with Crippen molar-refractivity contribution in [1.82, 2.24) is 4.57 Å².